The van der Waals surface area contributed by atoms with Crippen LogP contribution in [0.15, 0.2) is 48.1 Å². The van der Waals surface area contributed by atoms with Gasteiger partial charge in [0, 0.05) is 18.4 Å². The number of methoxy groups -OCH3 is 1. The lowest BCUT2D eigenvalue weighted by molar-refractivity contribution is 0.184. The number of nitriles is 1. The molecule has 0 atom stereocenters. The normalized spacial score (nSPS) is 10.4. The predicted molar refractivity (Wildman–Crippen MR) is 97.8 cm³/mol. The maximum Gasteiger partial charge on any atom is 0.164 e. The molecule has 25 heavy (non-hydrogen) atoms. The van der Waals surface area contributed by atoms with E-state index in [1.807, 2.05) is 37.3 Å². The number of hydrogen-bond donors (Lipinski definition) is 1. The van der Waals surface area contributed by atoms with Crippen molar-refractivity contribution in [1.82, 2.24) is 4.98 Å². The molecule has 0 unspecified atom stereocenters. The van der Waals surface area contributed by atoms with Crippen molar-refractivity contribution in [2.24, 2.45) is 5.10 Å². The molecule has 128 valence electrons. The van der Waals surface area contributed by atoms with Crippen LogP contribution < -0.4 is 10.2 Å². The molecule has 1 N–H and O–H groups in total. The summed E-state index contributed by atoms with van der Waals surface area (Å²) in [4.78, 5) is 4.34. The maximum atomic E-state index is 9.39. The van der Waals surface area contributed by atoms with Gasteiger partial charge in [-0.05, 0) is 30.7 Å². The molecule has 1 heterocycles. The third-order valence-corrected chi connectivity index (χ3v) is 3.25. The van der Waals surface area contributed by atoms with E-state index in [-0.39, 0.29) is 0 Å². The van der Waals surface area contributed by atoms with E-state index in [4.69, 9.17) is 9.47 Å². The minimum atomic E-state index is 0.341. The molecule has 0 saturated carbocycles. The summed E-state index contributed by atoms with van der Waals surface area (Å²) < 4.78 is 10.6. The van der Waals surface area contributed by atoms with Crippen molar-refractivity contribution in [3.63, 3.8) is 0 Å². The predicted octanol–water partition coefficient (Wildman–Crippen LogP) is 3.42. The number of rotatable bonds is 8. The Bertz CT molecular complexity index is 810. The molecule has 0 radical (unpaired) electrons. The number of aryl methyl sites for hydroxylation is 1. The Labute approximate surface area is 147 Å². The van der Waals surface area contributed by atoms with Crippen molar-refractivity contribution in [2.45, 2.75) is 13.5 Å². The zero-order chi connectivity index (χ0) is 18.1. The third-order valence-electron chi connectivity index (χ3n) is 3.25. The first-order chi connectivity index (χ1) is 12.2. The number of pyridine rings is 1. The van der Waals surface area contributed by atoms with Gasteiger partial charge in [-0.15, -0.1) is 0 Å². The van der Waals surface area contributed by atoms with Crippen LogP contribution in [0.5, 0.6) is 5.75 Å². The fourth-order valence-electron chi connectivity index (χ4n) is 2.22. The van der Waals surface area contributed by atoms with E-state index in [9.17, 15) is 5.26 Å². The molecule has 0 spiro atoms. The highest BCUT2D eigenvalue weighted by Gasteiger charge is 2.10. The highest BCUT2D eigenvalue weighted by Crippen LogP contribution is 2.19. The van der Waals surface area contributed by atoms with Crippen LogP contribution in [0.25, 0.3) is 0 Å². The van der Waals surface area contributed by atoms with E-state index in [2.05, 4.69) is 28.2 Å². The number of hydrazone groups is 1. The van der Waals surface area contributed by atoms with Crippen molar-refractivity contribution in [3.8, 4) is 11.8 Å². The maximum absolute atomic E-state index is 9.39. The lowest BCUT2D eigenvalue weighted by Gasteiger charge is -2.09. The summed E-state index contributed by atoms with van der Waals surface area (Å²) in [6.45, 7) is 6.26. The van der Waals surface area contributed by atoms with E-state index in [1.54, 1.807) is 19.4 Å². The SMILES string of the molecule is C=CCOc1cccc(C=NNc2nc(C)cc(COC)c2C#N)c1. The van der Waals surface area contributed by atoms with Crippen molar-refractivity contribution in [3.05, 3.63) is 65.4 Å². The van der Waals surface area contributed by atoms with Gasteiger partial charge in [0.05, 0.1) is 12.8 Å². The lowest BCUT2D eigenvalue weighted by Crippen LogP contribution is -2.03. The van der Waals surface area contributed by atoms with Gasteiger partial charge in [0.2, 0.25) is 0 Å². The average molecular weight is 336 g/mol. The Morgan fingerprint density at radius 2 is 2.24 bits per heavy atom. The first-order valence-corrected chi connectivity index (χ1v) is 7.70. The van der Waals surface area contributed by atoms with Gasteiger partial charge in [-0.25, -0.2) is 4.98 Å². The molecule has 6 nitrogen and oxygen atoms in total. The molecular formula is C19H20N4O2. The van der Waals surface area contributed by atoms with Crippen LogP contribution in [0.3, 0.4) is 0 Å². The lowest BCUT2D eigenvalue weighted by atomic mass is 10.1. The van der Waals surface area contributed by atoms with Crippen LogP contribution in [0.4, 0.5) is 5.82 Å². The van der Waals surface area contributed by atoms with Gasteiger partial charge < -0.3 is 9.47 Å². The first-order valence-electron chi connectivity index (χ1n) is 7.70. The number of ether oxygens (including phenoxy) is 2. The molecule has 0 aliphatic carbocycles. The standard InChI is InChI=1S/C19H20N4O2/c1-4-8-25-17-7-5-6-15(10-17)12-21-23-19-18(11-20)16(13-24-3)9-14(2)22-19/h4-7,9-10,12H,1,8,13H2,2-3H3,(H,22,23). The van der Waals surface area contributed by atoms with Gasteiger partial charge >= 0.3 is 0 Å². The minimum absolute atomic E-state index is 0.341. The van der Waals surface area contributed by atoms with Gasteiger partial charge in [0.25, 0.3) is 0 Å². The molecule has 0 amide bonds. The van der Waals surface area contributed by atoms with Crippen LogP contribution in [0, 0.1) is 18.3 Å². The second-order valence-corrected chi connectivity index (χ2v) is 5.23. The number of nitrogens with one attached hydrogen (secondary N) is 1. The van der Waals surface area contributed by atoms with E-state index in [0.717, 1.165) is 22.6 Å². The molecule has 1 aromatic carbocycles. The smallest absolute Gasteiger partial charge is 0.164 e. The molecule has 0 saturated heterocycles. The molecule has 6 heteroatoms. The van der Waals surface area contributed by atoms with Gasteiger partial charge in [-0.3, -0.25) is 5.43 Å². The van der Waals surface area contributed by atoms with Gasteiger partial charge in [0.1, 0.15) is 24.0 Å². The highest BCUT2D eigenvalue weighted by atomic mass is 16.5. The van der Waals surface area contributed by atoms with E-state index in [0.29, 0.717) is 24.6 Å². The fraction of sp³-hybridized carbons (Fsp3) is 0.211. The number of nitrogens with zero attached hydrogens (tertiary/aromatic N) is 3. The summed E-state index contributed by atoms with van der Waals surface area (Å²) in [5.41, 5.74) is 5.67. The summed E-state index contributed by atoms with van der Waals surface area (Å²) in [7, 11) is 1.59. The Morgan fingerprint density at radius 3 is 2.96 bits per heavy atom. The summed E-state index contributed by atoms with van der Waals surface area (Å²) in [5.74, 6) is 1.14. The van der Waals surface area contributed by atoms with Crippen molar-refractivity contribution in [2.75, 3.05) is 19.1 Å². The molecule has 0 aliphatic heterocycles. The van der Waals surface area contributed by atoms with E-state index >= 15 is 0 Å². The Morgan fingerprint density at radius 1 is 1.40 bits per heavy atom. The molecule has 2 rings (SSSR count). The third kappa shape index (κ3) is 5.16. The number of anilines is 1. The van der Waals surface area contributed by atoms with Gasteiger partial charge in [-0.2, -0.15) is 10.4 Å². The largest absolute Gasteiger partial charge is 0.490 e. The van der Waals surface area contributed by atoms with E-state index in [1.165, 1.54) is 0 Å². The van der Waals surface area contributed by atoms with Crippen molar-refractivity contribution in [1.29, 1.82) is 5.26 Å². The van der Waals surface area contributed by atoms with Crippen LogP contribution in [-0.2, 0) is 11.3 Å². The zero-order valence-corrected chi connectivity index (χ0v) is 14.3. The van der Waals surface area contributed by atoms with Crippen molar-refractivity contribution < 1.29 is 9.47 Å². The first kappa shape index (κ1) is 18.2. The van der Waals surface area contributed by atoms with Gasteiger partial charge in [0.15, 0.2) is 5.82 Å². The molecule has 0 aliphatic rings. The Balaban J connectivity index is 2.17. The summed E-state index contributed by atoms with van der Waals surface area (Å²) in [6.07, 6.45) is 3.33. The second-order valence-electron chi connectivity index (χ2n) is 5.23. The van der Waals surface area contributed by atoms with Gasteiger partial charge in [-0.1, -0.05) is 24.8 Å². The van der Waals surface area contributed by atoms with Crippen LogP contribution in [-0.4, -0.2) is 24.9 Å². The second kappa shape index (κ2) is 9.21. The fourth-order valence-corrected chi connectivity index (χ4v) is 2.22. The monoisotopic (exact) mass is 336 g/mol. The number of aromatic nitrogens is 1. The van der Waals surface area contributed by atoms with Crippen LogP contribution >= 0.6 is 0 Å². The summed E-state index contributed by atoms with van der Waals surface area (Å²) in [6, 6.07) is 11.5. The average Bonchev–Trinajstić information content (AvgIpc) is 2.60. The minimum Gasteiger partial charge on any atom is -0.490 e. The highest BCUT2D eigenvalue weighted by molar-refractivity contribution is 5.80. The quantitative estimate of drug-likeness (QED) is 0.454. The van der Waals surface area contributed by atoms with Crippen molar-refractivity contribution >= 4 is 12.0 Å². The number of benzene rings is 1. The summed E-state index contributed by atoms with van der Waals surface area (Å²) in [5, 5.41) is 13.6. The van der Waals surface area contributed by atoms with Crippen LogP contribution in [0.1, 0.15) is 22.4 Å². The Kier molecular flexibility index (Phi) is 6.69. The zero-order valence-electron chi connectivity index (χ0n) is 14.3. The van der Waals surface area contributed by atoms with E-state index < -0.39 is 0 Å². The molecule has 2 aromatic rings. The number of hydrogen-bond acceptors (Lipinski definition) is 6. The topological polar surface area (TPSA) is 79.5 Å². The summed E-state index contributed by atoms with van der Waals surface area (Å²) >= 11 is 0. The molecule has 0 bridgehead atoms. The molecule has 0 fully saturated rings. The Hall–Kier alpha value is -3.17. The van der Waals surface area contributed by atoms with Crippen LogP contribution in [0.2, 0.25) is 0 Å². The molecular weight excluding hydrogens is 316 g/mol. The molecule has 1 aromatic heterocycles.